The first kappa shape index (κ1) is 19.4. The fourth-order valence-electron chi connectivity index (χ4n) is 3.58. The van der Waals surface area contributed by atoms with E-state index in [-0.39, 0.29) is 11.6 Å². The first-order chi connectivity index (χ1) is 15.5. The molecule has 0 atom stereocenters. The number of carbonyl (C=O) groups excluding carboxylic acids is 2. The number of rotatable bonds is 4. The third-order valence-electron chi connectivity index (χ3n) is 5.19. The number of ketones is 2. The van der Waals surface area contributed by atoms with Gasteiger partial charge in [0.05, 0.1) is 0 Å². The van der Waals surface area contributed by atoms with Crippen molar-refractivity contribution in [3.05, 3.63) is 107 Å². The van der Waals surface area contributed by atoms with Crippen molar-refractivity contribution in [1.29, 1.82) is 0 Å². The van der Waals surface area contributed by atoms with Crippen LogP contribution in [0.2, 0.25) is 0 Å². The molecule has 6 heteroatoms. The van der Waals surface area contributed by atoms with E-state index in [1.807, 2.05) is 0 Å². The van der Waals surface area contributed by atoms with Gasteiger partial charge in [-0.05, 0) is 84.9 Å². The second-order valence-corrected chi connectivity index (χ2v) is 7.42. The van der Waals surface area contributed by atoms with Crippen LogP contribution in [-0.2, 0) is 0 Å². The van der Waals surface area contributed by atoms with Crippen LogP contribution in [0.1, 0.15) is 31.8 Å². The summed E-state index contributed by atoms with van der Waals surface area (Å²) >= 11 is 0. The highest BCUT2D eigenvalue weighted by Gasteiger charge is 2.30. The van der Waals surface area contributed by atoms with Gasteiger partial charge in [-0.25, -0.2) is 0 Å². The molecule has 5 rings (SSSR count). The zero-order valence-corrected chi connectivity index (χ0v) is 16.9. The van der Waals surface area contributed by atoms with Gasteiger partial charge in [0.25, 0.3) is 0 Å². The lowest BCUT2D eigenvalue weighted by Crippen LogP contribution is -2.20. The Kier molecular flexibility index (Phi) is 4.60. The van der Waals surface area contributed by atoms with E-state index in [0.29, 0.717) is 56.6 Å². The van der Waals surface area contributed by atoms with Crippen molar-refractivity contribution in [3.8, 4) is 23.0 Å². The highest BCUT2D eigenvalue weighted by Crippen LogP contribution is 2.34. The highest BCUT2D eigenvalue weighted by atomic mass is 16.5. The van der Waals surface area contributed by atoms with Gasteiger partial charge in [-0.2, -0.15) is 0 Å². The molecule has 4 aromatic carbocycles. The van der Waals surface area contributed by atoms with Crippen molar-refractivity contribution in [1.82, 2.24) is 0 Å². The van der Waals surface area contributed by atoms with Crippen molar-refractivity contribution in [2.75, 3.05) is 11.5 Å². The molecule has 32 heavy (non-hydrogen) atoms. The molecule has 0 spiro atoms. The number of nitrogen functional groups attached to an aromatic ring is 2. The summed E-state index contributed by atoms with van der Waals surface area (Å²) in [6.45, 7) is 0. The van der Waals surface area contributed by atoms with Crippen LogP contribution < -0.4 is 20.9 Å². The van der Waals surface area contributed by atoms with Crippen molar-refractivity contribution >= 4 is 22.9 Å². The van der Waals surface area contributed by atoms with Crippen LogP contribution in [0, 0.1) is 0 Å². The summed E-state index contributed by atoms with van der Waals surface area (Å²) in [5.74, 6) is 1.60. The van der Waals surface area contributed by atoms with E-state index in [1.54, 1.807) is 84.9 Å². The second kappa shape index (κ2) is 7.59. The van der Waals surface area contributed by atoms with Gasteiger partial charge in [-0.15, -0.1) is 0 Å². The first-order valence-corrected chi connectivity index (χ1v) is 9.92. The maximum absolute atomic E-state index is 13.1. The minimum Gasteiger partial charge on any atom is -0.457 e. The first-order valence-electron chi connectivity index (χ1n) is 9.92. The standard InChI is InChI=1S/C26H18N2O4/c27-15-1-5-17(6-2-15)31-19-9-11-21-23(13-19)25(29)22-12-10-20(14-24(22)26(21)30)32-18-7-3-16(28)4-8-18/h1-14H,27-28H2. The molecule has 0 heterocycles. The lowest BCUT2D eigenvalue weighted by atomic mass is 9.84. The van der Waals surface area contributed by atoms with E-state index in [0.717, 1.165) is 0 Å². The molecular weight excluding hydrogens is 404 g/mol. The molecule has 0 aromatic heterocycles. The van der Waals surface area contributed by atoms with E-state index >= 15 is 0 Å². The van der Waals surface area contributed by atoms with Crippen LogP contribution in [0.5, 0.6) is 23.0 Å². The molecule has 0 amide bonds. The Bertz CT molecular complexity index is 1250. The summed E-state index contributed by atoms with van der Waals surface area (Å²) < 4.78 is 11.6. The number of carbonyl (C=O) groups is 2. The zero-order chi connectivity index (χ0) is 22.2. The van der Waals surface area contributed by atoms with E-state index in [2.05, 4.69) is 0 Å². The average Bonchev–Trinajstić information content (AvgIpc) is 2.80. The molecule has 4 aromatic rings. The third-order valence-corrected chi connectivity index (χ3v) is 5.19. The zero-order valence-electron chi connectivity index (χ0n) is 16.9. The quantitative estimate of drug-likeness (QED) is 0.385. The van der Waals surface area contributed by atoms with Gasteiger partial charge >= 0.3 is 0 Å². The summed E-state index contributed by atoms with van der Waals surface area (Å²) in [5.41, 5.74) is 13.9. The molecule has 0 radical (unpaired) electrons. The van der Waals surface area contributed by atoms with Crippen molar-refractivity contribution in [3.63, 3.8) is 0 Å². The normalized spacial score (nSPS) is 12.1. The Hall–Kier alpha value is -4.58. The van der Waals surface area contributed by atoms with Crippen LogP contribution in [0.25, 0.3) is 0 Å². The fraction of sp³-hybridized carbons (Fsp3) is 0. The van der Waals surface area contributed by atoms with Gasteiger partial charge in [-0.3, -0.25) is 9.59 Å². The number of fused-ring (bicyclic) bond motifs is 2. The molecule has 0 saturated heterocycles. The van der Waals surface area contributed by atoms with E-state index in [4.69, 9.17) is 20.9 Å². The molecule has 0 fully saturated rings. The SMILES string of the molecule is Nc1ccc(Oc2ccc3c(c2)C(=O)c2ccc(Oc4ccc(N)cc4)cc2C3=O)cc1. The molecule has 0 saturated carbocycles. The van der Waals surface area contributed by atoms with Gasteiger partial charge in [-0.1, -0.05) is 0 Å². The molecule has 4 N–H and O–H groups in total. The van der Waals surface area contributed by atoms with E-state index < -0.39 is 0 Å². The minimum absolute atomic E-state index is 0.239. The largest absolute Gasteiger partial charge is 0.457 e. The van der Waals surface area contributed by atoms with Gasteiger partial charge in [0.2, 0.25) is 0 Å². The smallest absolute Gasteiger partial charge is 0.194 e. The number of hydrogen-bond acceptors (Lipinski definition) is 6. The van der Waals surface area contributed by atoms with Gasteiger partial charge in [0.15, 0.2) is 11.6 Å². The maximum atomic E-state index is 13.1. The number of hydrogen-bond donors (Lipinski definition) is 2. The number of nitrogens with two attached hydrogens (primary N) is 2. The second-order valence-electron chi connectivity index (χ2n) is 7.42. The Morgan fingerprint density at radius 3 is 1.16 bits per heavy atom. The Labute approximate surface area is 184 Å². The monoisotopic (exact) mass is 422 g/mol. The summed E-state index contributed by atoms with van der Waals surface area (Å²) in [4.78, 5) is 26.3. The number of benzene rings is 4. The molecule has 6 nitrogen and oxygen atoms in total. The highest BCUT2D eigenvalue weighted by molar-refractivity contribution is 6.28. The van der Waals surface area contributed by atoms with E-state index in [1.165, 1.54) is 0 Å². The Morgan fingerprint density at radius 2 is 0.781 bits per heavy atom. The predicted molar refractivity (Wildman–Crippen MR) is 122 cm³/mol. The minimum atomic E-state index is -0.239. The van der Waals surface area contributed by atoms with Crippen LogP contribution in [0.15, 0.2) is 84.9 Å². The van der Waals surface area contributed by atoms with E-state index in [9.17, 15) is 9.59 Å². The predicted octanol–water partition coefficient (Wildman–Crippen LogP) is 5.21. The lowest BCUT2D eigenvalue weighted by molar-refractivity contribution is 0.0978. The Morgan fingerprint density at radius 1 is 0.438 bits per heavy atom. The van der Waals surface area contributed by atoms with Gasteiger partial charge in [0, 0.05) is 33.6 Å². The van der Waals surface area contributed by atoms with Gasteiger partial charge in [0.1, 0.15) is 23.0 Å². The fourth-order valence-corrected chi connectivity index (χ4v) is 3.58. The summed E-state index contributed by atoms with van der Waals surface area (Å²) in [6.07, 6.45) is 0. The number of anilines is 2. The molecule has 0 aliphatic heterocycles. The molecule has 1 aliphatic carbocycles. The molecular formula is C26H18N2O4. The molecule has 156 valence electrons. The van der Waals surface area contributed by atoms with Crippen LogP contribution in [0.4, 0.5) is 11.4 Å². The summed E-state index contributed by atoms with van der Waals surface area (Å²) in [6, 6.07) is 23.6. The van der Waals surface area contributed by atoms with Crippen molar-refractivity contribution in [2.24, 2.45) is 0 Å². The van der Waals surface area contributed by atoms with Crippen LogP contribution >= 0.6 is 0 Å². The topological polar surface area (TPSA) is 105 Å². The summed E-state index contributed by atoms with van der Waals surface area (Å²) in [5, 5.41) is 0. The molecule has 1 aliphatic rings. The Balaban J connectivity index is 1.45. The lowest BCUT2D eigenvalue weighted by Gasteiger charge is -2.19. The molecule has 0 unspecified atom stereocenters. The van der Waals surface area contributed by atoms with Crippen molar-refractivity contribution < 1.29 is 19.1 Å². The van der Waals surface area contributed by atoms with Crippen LogP contribution in [0.3, 0.4) is 0 Å². The molecule has 0 bridgehead atoms. The average molecular weight is 422 g/mol. The van der Waals surface area contributed by atoms with Gasteiger partial charge < -0.3 is 20.9 Å². The maximum Gasteiger partial charge on any atom is 0.194 e. The van der Waals surface area contributed by atoms with Crippen LogP contribution in [-0.4, -0.2) is 11.6 Å². The third kappa shape index (κ3) is 3.54. The van der Waals surface area contributed by atoms with Crippen molar-refractivity contribution in [2.45, 2.75) is 0 Å². The number of ether oxygens (including phenoxy) is 2. The summed E-state index contributed by atoms with van der Waals surface area (Å²) in [7, 11) is 0.